The van der Waals surface area contributed by atoms with E-state index < -0.39 is 0 Å². The van der Waals surface area contributed by atoms with E-state index in [9.17, 15) is 9.59 Å². The minimum atomic E-state index is -0.368. The fourth-order valence-corrected chi connectivity index (χ4v) is 3.24. The summed E-state index contributed by atoms with van der Waals surface area (Å²) in [5.74, 6) is -0.368. The Morgan fingerprint density at radius 3 is 1.77 bits per heavy atom. The Labute approximate surface area is 183 Å². The van der Waals surface area contributed by atoms with Crippen molar-refractivity contribution in [3.63, 3.8) is 0 Å². The van der Waals surface area contributed by atoms with Gasteiger partial charge in [-0.2, -0.15) is 0 Å². The maximum atomic E-state index is 13.0. The lowest BCUT2D eigenvalue weighted by atomic mass is 10.1. The van der Waals surface area contributed by atoms with Gasteiger partial charge in [-0.25, -0.2) is 9.59 Å². The summed E-state index contributed by atoms with van der Waals surface area (Å²) in [5, 5.41) is 2.95. The Hall–Kier alpha value is -3.60. The number of urea groups is 1. The number of anilines is 1. The normalized spacial score (nSPS) is 10.4. The number of nitrogens with one attached hydrogen (secondary N) is 1. The van der Waals surface area contributed by atoms with Crippen LogP contribution in [0.1, 0.15) is 28.4 Å². The highest BCUT2D eigenvalue weighted by atomic mass is 16.5. The Balaban J connectivity index is 1.64. The van der Waals surface area contributed by atoms with E-state index in [2.05, 4.69) is 29.6 Å². The summed E-state index contributed by atoms with van der Waals surface area (Å²) in [4.78, 5) is 26.6. The topological polar surface area (TPSA) is 58.6 Å². The highest BCUT2D eigenvalue weighted by Gasteiger charge is 2.14. The van der Waals surface area contributed by atoms with Gasteiger partial charge in [-0.1, -0.05) is 60.7 Å². The van der Waals surface area contributed by atoms with Crippen LogP contribution in [0.4, 0.5) is 10.5 Å². The molecule has 0 bridgehead atoms. The van der Waals surface area contributed by atoms with Crippen molar-refractivity contribution in [3.8, 4) is 0 Å². The predicted octanol–water partition coefficient (Wildman–Crippen LogP) is 5.18. The van der Waals surface area contributed by atoms with Gasteiger partial charge in [0.2, 0.25) is 0 Å². The molecule has 0 saturated carbocycles. The fraction of sp³-hybridized carbons (Fsp3) is 0.231. The van der Waals surface area contributed by atoms with Crippen molar-refractivity contribution in [1.29, 1.82) is 0 Å². The van der Waals surface area contributed by atoms with Crippen LogP contribution in [-0.2, 0) is 17.6 Å². The lowest BCUT2D eigenvalue weighted by Crippen LogP contribution is -2.38. The third-order valence-electron chi connectivity index (χ3n) is 4.96. The molecule has 0 aliphatic rings. The van der Waals surface area contributed by atoms with Crippen LogP contribution in [0.15, 0.2) is 84.9 Å². The summed E-state index contributed by atoms with van der Waals surface area (Å²) in [6.45, 7) is 3.33. The fourth-order valence-electron chi connectivity index (χ4n) is 3.24. The van der Waals surface area contributed by atoms with Crippen LogP contribution in [-0.4, -0.2) is 36.6 Å². The van der Waals surface area contributed by atoms with Gasteiger partial charge in [0.25, 0.3) is 0 Å². The van der Waals surface area contributed by atoms with E-state index in [0.29, 0.717) is 30.9 Å². The van der Waals surface area contributed by atoms with Gasteiger partial charge in [-0.15, -0.1) is 0 Å². The molecule has 3 aromatic carbocycles. The van der Waals surface area contributed by atoms with Crippen molar-refractivity contribution >= 4 is 17.7 Å². The van der Waals surface area contributed by atoms with Crippen LogP contribution < -0.4 is 5.32 Å². The molecule has 5 heteroatoms. The third-order valence-corrected chi connectivity index (χ3v) is 4.96. The van der Waals surface area contributed by atoms with E-state index in [4.69, 9.17) is 4.74 Å². The highest BCUT2D eigenvalue weighted by molar-refractivity contribution is 5.92. The molecular formula is C26H28N2O3. The zero-order chi connectivity index (χ0) is 21.9. The molecule has 0 atom stereocenters. The number of carbonyl (C=O) groups is 2. The van der Waals surface area contributed by atoms with Crippen LogP contribution in [0.25, 0.3) is 0 Å². The van der Waals surface area contributed by atoms with Gasteiger partial charge in [-0.3, -0.25) is 0 Å². The Morgan fingerprint density at radius 1 is 0.774 bits per heavy atom. The van der Waals surface area contributed by atoms with E-state index in [1.165, 1.54) is 11.1 Å². The smallest absolute Gasteiger partial charge is 0.338 e. The second-order valence-corrected chi connectivity index (χ2v) is 7.19. The average Bonchev–Trinajstić information content (AvgIpc) is 2.81. The second kappa shape index (κ2) is 11.6. The number of hydrogen-bond acceptors (Lipinski definition) is 3. The summed E-state index contributed by atoms with van der Waals surface area (Å²) in [6, 6.07) is 26.9. The maximum absolute atomic E-state index is 13.0. The molecule has 0 unspecified atom stereocenters. The van der Waals surface area contributed by atoms with Crippen molar-refractivity contribution in [2.75, 3.05) is 25.0 Å². The second-order valence-electron chi connectivity index (χ2n) is 7.19. The number of hydrogen-bond donors (Lipinski definition) is 1. The van der Waals surface area contributed by atoms with E-state index >= 15 is 0 Å². The maximum Gasteiger partial charge on any atom is 0.338 e. The largest absolute Gasteiger partial charge is 0.462 e. The Kier molecular flexibility index (Phi) is 8.23. The minimum Gasteiger partial charge on any atom is -0.462 e. The van der Waals surface area contributed by atoms with Crippen molar-refractivity contribution in [2.45, 2.75) is 19.8 Å². The molecule has 3 rings (SSSR count). The summed E-state index contributed by atoms with van der Waals surface area (Å²) in [6.07, 6.45) is 1.57. The summed E-state index contributed by atoms with van der Waals surface area (Å²) < 4.78 is 5.00. The number of rotatable bonds is 9. The molecule has 0 fully saturated rings. The predicted molar refractivity (Wildman–Crippen MR) is 123 cm³/mol. The van der Waals surface area contributed by atoms with Crippen molar-refractivity contribution in [3.05, 3.63) is 102 Å². The van der Waals surface area contributed by atoms with Crippen LogP contribution in [0.2, 0.25) is 0 Å². The molecule has 31 heavy (non-hydrogen) atoms. The number of carbonyl (C=O) groups excluding carboxylic acids is 2. The van der Waals surface area contributed by atoms with Crippen molar-refractivity contribution < 1.29 is 14.3 Å². The zero-order valence-corrected chi connectivity index (χ0v) is 17.8. The quantitative estimate of drug-likeness (QED) is 0.489. The van der Waals surface area contributed by atoms with Gasteiger partial charge in [0, 0.05) is 18.8 Å². The number of benzene rings is 3. The molecule has 2 amide bonds. The van der Waals surface area contributed by atoms with Crippen molar-refractivity contribution in [2.24, 2.45) is 0 Å². The Morgan fingerprint density at radius 2 is 1.29 bits per heavy atom. The van der Waals surface area contributed by atoms with E-state index in [1.807, 2.05) is 41.3 Å². The molecule has 0 aliphatic carbocycles. The van der Waals surface area contributed by atoms with Crippen LogP contribution in [0, 0.1) is 0 Å². The van der Waals surface area contributed by atoms with Gasteiger partial charge in [-0.05, 0) is 55.2 Å². The standard InChI is InChI=1S/C26H28N2O3/c1-2-31-25(29)23-13-15-24(16-14-23)27-26(30)28(19-17-21-9-5-3-6-10-21)20-18-22-11-7-4-8-12-22/h3-16H,2,17-20H2,1H3,(H,27,30). The van der Waals surface area contributed by atoms with Gasteiger partial charge < -0.3 is 15.0 Å². The number of nitrogens with zero attached hydrogens (tertiary/aromatic N) is 1. The Bertz CT molecular complexity index is 913. The van der Waals surface area contributed by atoms with E-state index in [0.717, 1.165) is 12.8 Å². The SMILES string of the molecule is CCOC(=O)c1ccc(NC(=O)N(CCc2ccccc2)CCc2ccccc2)cc1. The average molecular weight is 417 g/mol. The number of esters is 1. The molecule has 1 N–H and O–H groups in total. The lowest BCUT2D eigenvalue weighted by molar-refractivity contribution is 0.0526. The molecule has 0 spiro atoms. The van der Waals surface area contributed by atoms with E-state index in [1.54, 1.807) is 31.2 Å². The van der Waals surface area contributed by atoms with Crippen LogP contribution in [0.3, 0.4) is 0 Å². The zero-order valence-electron chi connectivity index (χ0n) is 17.8. The number of amides is 2. The third kappa shape index (κ3) is 7.00. The van der Waals surface area contributed by atoms with Crippen LogP contribution >= 0.6 is 0 Å². The van der Waals surface area contributed by atoms with Gasteiger partial charge in [0.05, 0.1) is 12.2 Å². The molecule has 5 nitrogen and oxygen atoms in total. The van der Waals surface area contributed by atoms with Gasteiger partial charge in [0.15, 0.2) is 0 Å². The first kappa shape index (κ1) is 22.1. The first-order chi connectivity index (χ1) is 15.2. The lowest BCUT2D eigenvalue weighted by Gasteiger charge is -2.23. The molecule has 160 valence electrons. The molecular weight excluding hydrogens is 388 g/mol. The highest BCUT2D eigenvalue weighted by Crippen LogP contribution is 2.13. The number of ether oxygens (including phenoxy) is 1. The molecule has 3 aromatic rings. The van der Waals surface area contributed by atoms with Gasteiger partial charge in [0.1, 0.15) is 0 Å². The molecule has 0 heterocycles. The van der Waals surface area contributed by atoms with Gasteiger partial charge >= 0.3 is 12.0 Å². The summed E-state index contributed by atoms with van der Waals surface area (Å²) in [5.41, 5.74) is 3.49. The summed E-state index contributed by atoms with van der Waals surface area (Å²) in [7, 11) is 0. The van der Waals surface area contributed by atoms with Crippen molar-refractivity contribution in [1.82, 2.24) is 4.90 Å². The molecule has 0 saturated heterocycles. The van der Waals surface area contributed by atoms with Crippen LogP contribution in [0.5, 0.6) is 0 Å². The first-order valence-electron chi connectivity index (χ1n) is 10.6. The van der Waals surface area contributed by atoms with E-state index in [-0.39, 0.29) is 12.0 Å². The minimum absolute atomic E-state index is 0.157. The molecule has 0 aliphatic heterocycles. The molecule has 0 aromatic heterocycles. The first-order valence-corrected chi connectivity index (χ1v) is 10.6. The summed E-state index contributed by atoms with van der Waals surface area (Å²) >= 11 is 0. The monoisotopic (exact) mass is 416 g/mol. The molecule has 0 radical (unpaired) electrons.